The predicted octanol–water partition coefficient (Wildman–Crippen LogP) is 3.85. The van der Waals surface area contributed by atoms with E-state index in [0.29, 0.717) is 16.8 Å². The molecule has 0 saturated heterocycles. The minimum atomic E-state index is -0.459. The van der Waals surface area contributed by atoms with Gasteiger partial charge in [0.25, 0.3) is 0 Å². The van der Waals surface area contributed by atoms with E-state index in [1.54, 1.807) is 6.07 Å². The summed E-state index contributed by atoms with van der Waals surface area (Å²) in [6.45, 7) is 1.93. The summed E-state index contributed by atoms with van der Waals surface area (Å²) in [5, 5.41) is 3.18. The highest BCUT2D eigenvalue weighted by molar-refractivity contribution is 7.99. The Kier molecular flexibility index (Phi) is 5.19. The number of amides is 1. The van der Waals surface area contributed by atoms with Crippen molar-refractivity contribution in [3.05, 3.63) is 75.8 Å². The second-order valence-electron chi connectivity index (χ2n) is 5.68. The van der Waals surface area contributed by atoms with Crippen LogP contribution in [0.25, 0.3) is 10.9 Å². The highest BCUT2D eigenvalue weighted by Gasteiger charge is 2.08. The zero-order chi connectivity index (χ0) is 17.8. The van der Waals surface area contributed by atoms with E-state index in [9.17, 15) is 14.0 Å². The molecule has 2 aromatic carbocycles. The van der Waals surface area contributed by atoms with Crippen LogP contribution in [-0.2, 0) is 10.5 Å². The molecular formula is C19H17FN2O2S. The Hall–Kier alpha value is -2.60. The predicted molar refractivity (Wildman–Crippen MR) is 100 cm³/mol. The van der Waals surface area contributed by atoms with E-state index in [2.05, 4.69) is 10.3 Å². The molecule has 0 saturated carbocycles. The number of pyridine rings is 1. The summed E-state index contributed by atoms with van der Waals surface area (Å²) in [5.74, 6) is 0.0826. The van der Waals surface area contributed by atoms with Gasteiger partial charge < -0.3 is 10.3 Å². The molecule has 2 N–H and O–H groups in total. The second kappa shape index (κ2) is 7.53. The molecule has 1 aromatic heterocycles. The van der Waals surface area contributed by atoms with Crippen LogP contribution in [0.4, 0.5) is 10.1 Å². The van der Waals surface area contributed by atoms with Crippen molar-refractivity contribution in [2.24, 2.45) is 0 Å². The quantitative estimate of drug-likeness (QED) is 0.730. The lowest BCUT2D eigenvalue weighted by Crippen LogP contribution is -2.15. The zero-order valence-corrected chi connectivity index (χ0v) is 14.5. The Morgan fingerprint density at radius 2 is 2.00 bits per heavy atom. The summed E-state index contributed by atoms with van der Waals surface area (Å²) in [7, 11) is 0. The minimum absolute atomic E-state index is 0.117. The van der Waals surface area contributed by atoms with E-state index >= 15 is 0 Å². The number of aryl methyl sites for hydroxylation is 1. The summed E-state index contributed by atoms with van der Waals surface area (Å²) >= 11 is 1.36. The van der Waals surface area contributed by atoms with Crippen LogP contribution in [0.2, 0.25) is 0 Å². The van der Waals surface area contributed by atoms with Gasteiger partial charge in [0.1, 0.15) is 5.82 Å². The molecule has 0 atom stereocenters. The van der Waals surface area contributed by atoms with Gasteiger partial charge in [0.05, 0.1) is 11.3 Å². The molecule has 4 nitrogen and oxygen atoms in total. The fraction of sp³-hybridized carbons (Fsp3) is 0.158. The first-order valence-corrected chi connectivity index (χ1v) is 8.94. The van der Waals surface area contributed by atoms with Crippen molar-refractivity contribution in [3.8, 4) is 0 Å². The van der Waals surface area contributed by atoms with Crippen molar-refractivity contribution in [3.63, 3.8) is 0 Å². The van der Waals surface area contributed by atoms with Crippen LogP contribution in [-0.4, -0.2) is 16.6 Å². The SMILES string of the molecule is Cc1ccccc1NC(=O)CSCc1cc(=O)c2cccc(F)c2[nH]1. The smallest absolute Gasteiger partial charge is 0.234 e. The lowest BCUT2D eigenvalue weighted by Gasteiger charge is -2.08. The highest BCUT2D eigenvalue weighted by Crippen LogP contribution is 2.17. The number of rotatable bonds is 5. The van der Waals surface area contributed by atoms with Gasteiger partial charge in [0.15, 0.2) is 5.43 Å². The topological polar surface area (TPSA) is 62.0 Å². The molecule has 1 heterocycles. The summed E-state index contributed by atoms with van der Waals surface area (Å²) in [6.07, 6.45) is 0. The molecule has 3 aromatic rings. The Morgan fingerprint density at radius 1 is 1.20 bits per heavy atom. The number of fused-ring (bicyclic) bond motifs is 1. The van der Waals surface area contributed by atoms with Crippen LogP contribution in [0.5, 0.6) is 0 Å². The molecule has 0 radical (unpaired) electrons. The van der Waals surface area contributed by atoms with Crippen molar-refractivity contribution in [2.75, 3.05) is 11.1 Å². The number of halogens is 1. The molecule has 128 valence electrons. The van der Waals surface area contributed by atoms with Crippen LogP contribution < -0.4 is 10.7 Å². The van der Waals surface area contributed by atoms with Gasteiger partial charge in [-0.1, -0.05) is 24.3 Å². The summed E-state index contributed by atoms with van der Waals surface area (Å²) in [5.41, 5.74) is 2.35. The van der Waals surface area contributed by atoms with Gasteiger partial charge in [-0.15, -0.1) is 11.8 Å². The van der Waals surface area contributed by atoms with Gasteiger partial charge >= 0.3 is 0 Å². The molecule has 0 spiro atoms. The van der Waals surface area contributed by atoms with Crippen molar-refractivity contribution in [1.29, 1.82) is 0 Å². The maximum atomic E-state index is 13.8. The van der Waals surface area contributed by atoms with Gasteiger partial charge in [-0.25, -0.2) is 4.39 Å². The van der Waals surface area contributed by atoms with E-state index in [4.69, 9.17) is 0 Å². The lowest BCUT2D eigenvalue weighted by atomic mass is 10.2. The Balaban J connectivity index is 1.63. The van der Waals surface area contributed by atoms with Gasteiger partial charge in [0, 0.05) is 28.6 Å². The number of nitrogens with one attached hydrogen (secondary N) is 2. The number of H-pyrrole nitrogens is 1. The second-order valence-corrected chi connectivity index (χ2v) is 6.66. The number of carbonyl (C=O) groups is 1. The van der Waals surface area contributed by atoms with E-state index in [1.807, 2.05) is 31.2 Å². The van der Waals surface area contributed by atoms with E-state index in [-0.39, 0.29) is 22.6 Å². The van der Waals surface area contributed by atoms with E-state index in [0.717, 1.165) is 11.3 Å². The molecule has 0 bridgehead atoms. The van der Waals surface area contributed by atoms with Crippen molar-refractivity contribution in [1.82, 2.24) is 4.98 Å². The number of aromatic nitrogens is 1. The van der Waals surface area contributed by atoms with Crippen LogP contribution >= 0.6 is 11.8 Å². The summed E-state index contributed by atoms with van der Waals surface area (Å²) in [6, 6.07) is 13.4. The summed E-state index contributed by atoms with van der Waals surface area (Å²) in [4.78, 5) is 27.0. The normalized spacial score (nSPS) is 10.8. The third-order valence-corrected chi connectivity index (χ3v) is 4.76. The Labute approximate surface area is 148 Å². The Morgan fingerprint density at radius 3 is 2.80 bits per heavy atom. The van der Waals surface area contributed by atoms with Crippen LogP contribution in [0.15, 0.2) is 53.3 Å². The number of hydrogen-bond acceptors (Lipinski definition) is 3. The first-order chi connectivity index (χ1) is 12.0. The number of benzene rings is 2. The van der Waals surface area contributed by atoms with Crippen molar-refractivity contribution < 1.29 is 9.18 Å². The van der Waals surface area contributed by atoms with Crippen molar-refractivity contribution in [2.45, 2.75) is 12.7 Å². The fourth-order valence-electron chi connectivity index (χ4n) is 2.52. The average molecular weight is 356 g/mol. The van der Waals surface area contributed by atoms with Crippen LogP contribution in [0, 0.1) is 12.7 Å². The molecule has 6 heteroatoms. The summed E-state index contributed by atoms with van der Waals surface area (Å²) < 4.78 is 13.8. The molecule has 0 fully saturated rings. The molecule has 0 unspecified atom stereocenters. The maximum Gasteiger partial charge on any atom is 0.234 e. The van der Waals surface area contributed by atoms with Gasteiger partial charge in [0.2, 0.25) is 5.91 Å². The number of aromatic amines is 1. The molecule has 25 heavy (non-hydrogen) atoms. The van der Waals surface area contributed by atoms with Crippen LogP contribution in [0.3, 0.4) is 0 Å². The monoisotopic (exact) mass is 356 g/mol. The standard InChI is InChI=1S/C19H17FN2O2S/c1-12-5-2-3-8-16(12)22-18(24)11-25-10-13-9-17(23)14-6-4-7-15(20)19(14)21-13/h2-9H,10-11H2,1H3,(H,21,23)(H,22,24). The molecule has 0 aliphatic heterocycles. The van der Waals surface area contributed by atoms with Gasteiger partial charge in [-0.3, -0.25) is 9.59 Å². The molecule has 0 aliphatic carbocycles. The minimum Gasteiger partial charge on any atom is -0.355 e. The van der Waals surface area contributed by atoms with E-state index < -0.39 is 5.82 Å². The molecule has 3 rings (SSSR count). The first-order valence-electron chi connectivity index (χ1n) is 7.78. The third kappa shape index (κ3) is 4.09. The number of anilines is 1. The largest absolute Gasteiger partial charge is 0.355 e. The number of carbonyl (C=O) groups excluding carboxylic acids is 1. The molecule has 1 amide bonds. The number of hydrogen-bond donors (Lipinski definition) is 2. The molecular weight excluding hydrogens is 339 g/mol. The maximum absolute atomic E-state index is 13.8. The number of para-hydroxylation sites is 2. The lowest BCUT2D eigenvalue weighted by molar-refractivity contribution is -0.113. The van der Waals surface area contributed by atoms with E-state index in [1.165, 1.54) is 30.0 Å². The third-order valence-electron chi connectivity index (χ3n) is 3.78. The number of thioether (sulfide) groups is 1. The van der Waals surface area contributed by atoms with Gasteiger partial charge in [-0.05, 0) is 30.7 Å². The highest BCUT2D eigenvalue weighted by atomic mass is 32.2. The fourth-order valence-corrected chi connectivity index (χ4v) is 3.26. The average Bonchev–Trinajstić information content (AvgIpc) is 2.58. The first kappa shape index (κ1) is 17.2. The zero-order valence-electron chi connectivity index (χ0n) is 13.6. The van der Waals surface area contributed by atoms with Crippen molar-refractivity contribution >= 4 is 34.3 Å². The Bertz CT molecular complexity index is 985. The van der Waals surface area contributed by atoms with Gasteiger partial charge in [-0.2, -0.15) is 0 Å². The molecule has 0 aliphatic rings. The van der Waals surface area contributed by atoms with Crippen LogP contribution in [0.1, 0.15) is 11.3 Å².